The van der Waals surface area contributed by atoms with Crippen molar-refractivity contribution in [3.8, 4) is 11.3 Å². The Morgan fingerprint density at radius 2 is 1.74 bits per heavy atom. The van der Waals surface area contributed by atoms with Gasteiger partial charge in [-0.1, -0.05) is 41.4 Å². The maximum atomic E-state index is 6.24. The molecule has 0 aliphatic carbocycles. The maximum absolute atomic E-state index is 6.24. The second-order valence-electron chi connectivity index (χ2n) is 4.47. The van der Waals surface area contributed by atoms with Crippen molar-refractivity contribution in [1.29, 1.82) is 0 Å². The van der Waals surface area contributed by atoms with E-state index in [9.17, 15) is 0 Å². The number of hydrogen-bond donors (Lipinski definition) is 0. The van der Waals surface area contributed by atoms with Crippen molar-refractivity contribution >= 4 is 34.1 Å². The van der Waals surface area contributed by atoms with Gasteiger partial charge in [-0.2, -0.15) is 0 Å². The second kappa shape index (κ2) is 4.84. The summed E-state index contributed by atoms with van der Waals surface area (Å²) in [7, 11) is 0. The van der Waals surface area contributed by atoms with Crippen molar-refractivity contribution < 1.29 is 0 Å². The molecule has 0 saturated carbocycles. The van der Waals surface area contributed by atoms with Crippen LogP contribution >= 0.6 is 23.2 Å². The SMILES string of the molecule is Cc1cc(-c2ccc(Cl)cc2Cl)nc2ccccc12. The largest absolute Gasteiger partial charge is 0.248 e. The molecule has 3 aromatic rings. The molecule has 0 radical (unpaired) electrons. The van der Waals surface area contributed by atoms with Crippen LogP contribution in [-0.4, -0.2) is 4.98 Å². The minimum absolute atomic E-state index is 0.620. The molecule has 0 amide bonds. The van der Waals surface area contributed by atoms with E-state index < -0.39 is 0 Å². The van der Waals surface area contributed by atoms with Crippen LogP contribution in [0, 0.1) is 6.92 Å². The smallest absolute Gasteiger partial charge is 0.0727 e. The van der Waals surface area contributed by atoms with Crippen molar-refractivity contribution in [2.75, 3.05) is 0 Å². The highest BCUT2D eigenvalue weighted by Crippen LogP contribution is 2.31. The van der Waals surface area contributed by atoms with E-state index >= 15 is 0 Å². The van der Waals surface area contributed by atoms with Crippen molar-refractivity contribution in [2.24, 2.45) is 0 Å². The zero-order valence-corrected chi connectivity index (χ0v) is 11.8. The van der Waals surface area contributed by atoms with Gasteiger partial charge in [0.05, 0.1) is 16.2 Å². The summed E-state index contributed by atoms with van der Waals surface area (Å²) < 4.78 is 0. The highest BCUT2D eigenvalue weighted by Gasteiger charge is 2.08. The lowest BCUT2D eigenvalue weighted by molar-refractivity contribution is 1.36. The first-order valence-corrected chi connectivity index (χ1v) is 6.72. The minimum Gasteiger partial charge on any atom is -0.248 e. The van der Waals surface area contributed by atoms with E-state index in [-0.39, 0.29) is 0 Å². The fourth-order valence-electron chi connectivity index (χ4n) is 2.18. The number of benzene rings is 2. The number of aromatic nitrogens is 1. The topological polar surface area (TPSA) is 12.9 Å². The minimum atomic E-state index is 0.620. The van der Waals surface area contributed by atoms with Crippen LogP contribution in [0.25, 0.3) is 22.2 Å². The maximum Gasteiger partial charge on any atom is 0.0727 e. The summed E-state index contributed by atoms with van der Waals surface area (Å²) in [5.74, 6) is 0. The van der Waals surface area contributed by atoms with Gasteiger partial charge in [0.25, 0.3) is 0 Å². The molecule has 3 rings (SSSR count). The summed E-state index contributed by atoms with van der Waals surface area (Å²) in [4.78, 5) is 4.67. The Morgan fingerprint density at radius 3 is 2.53 bits per heavy atom. The Bertz CT molecular complexity index is 766. The predicted molar refractivity (Wildman–Crippen MR) is 81.9 cm³/mol. The molecule has 0 aliphatic heterocycles. The first-order chi connectivity index (χ1) is 9.15. The third kappa shape index (κ3) is 2.32. The zero-order valence-electron chi connectivity index (χ0n) is 10.3. The van der Waals surface area contributed by atoms with Crippen LogP contribution in [0.5, 0.6) is 0 Å². The quantitative estimate of drug-likeness (QED) is 0.574. The van der Waals surface area contributed by atoms with E-state index in [1.807, 2.05) is 30.3 Å². The van der Waals surface area contributed by atoms with Crippen molar-refractivity contribution in [2.45, 2.75) is 6.92 Å². The number of para-hydroxylation sites is 1. The Labute approximate surface area is 121 Å². The number of fused-ring (bicyclic) bond motifs is 1. The van der Waals surface area contributed by atoms with Crippen LogP contribution in [0.4, 0.5) is 0 Å². The van der Waals surface area contributed by atoms with Crippen LogP contribution in [0.1, 0.15) is 5.56 Å². The fraction of sp³-hybridized carbons (Fsp3) is 0.0625. The third-order valence-corrected chi connectivity index (χ3v) is 3.68. The van der Waals surface area contributed by atoms with E-state index in [0.29, 0.717) is 10.0 Å². The lowest BCUT2D eigenvalue weighted by atomic mass is 10.1. The second-order valence-corrected chi connectivity index (χ2v) is 5.31. The molecular formula is C16H11Cl2N. The van der Waals surface area contributed by atoms with Crippen LogP contribution in [0.2, 0.25) is 10.0 Å². The molecule has 0 spiro atoms. The van der Waals surface area contributed by atoms with Gasteiger partial charge >= 0.3 is 0 Å². The highest BCUT2D eigenvalue weighted by atomic mass is 35.5. The molecule has 0 bridgehead atoms. The van der Waals surface area contributed by atoms with Crippen LogP contribution in [0.3, 0.4) is 0 Å². The first-order valence-electron chi connectivity index (χ1n) is 5.97. The van der Waals surface area contributed by atoms with Crippen molar-refractivity contribution in [3.63, 3.8) is 0 Å². The number of halogens is 2. The lowest BCUT2D eigenvalue weighted by Crippen LogP contribution is -1.89. The van der Waals surface area contributed by atoms with Crippen LogP contribution < -0.4 is 0 Å². The van der Waals surface area contributed by atoms with E-state index in [4.69, 9.17) is 23.2 Å². The molecule has 0 aliphatic rings. The van der Waals surface area contributed by atoms with Crippen molar-refractivity contribution in [1.82, 2.24) is 4.98 Å². The molecule has 0 atom stereocenters. The van der Waals surface area contributed by atoms with Crippen molar-refractivity contribution in [3.05, 3.63) is 64.1 Å². The number of nitrogens with zero attached hydrogens (tertiary/aromatic N) is 1. The third-order valence-electron chi connectivity index (χ3n) is 3.13. The molecule has 2 aromatic carbocycles. The molecule has 3 heteroatoms. The summed E-state index contributed by atoms with van der Waals surface area (Å²) in [5, 5.41) is 2.41. The Kier molecular flexibility index (Phi) is 3.17. The van der Waals surface area contributed by atoms with Gasteiger partial charge in [0, 0.05) is 16.0 Å². The van der Waals surface area contributed by atoms with Crippen LogP contribution in [-0.2, 0) is 0 Å². The van der Waals surface area contributed by atoms with Gasteiger partial charge in [-0.05, 0) is 42.8 Å². The highest BCUT2D eigenvalue weighted by molar-refractivity contribution is 6.36. The van der Waals surface area contributed by atoms with Gasteiger partial charge in [0.2, 0.25) is 0 Å². The van der Waals surface area contributed by atoms with Gasteiger partial charge in [-0.3, -0.25) is 0 Å². The molecule has 0 saturated heterocycles. The number of pyridine rings is 1. The summed E-state index contributed by atoms with van der Waals surface area (Å²) in [6.07, 6.45) is 0. The van der Waals surface area contributed by atoms with E-state index in [1.165, 1.54) is 5.56 Å². The number of rotatable bonds is 1. The number of aryl methyl sites for hydroxylation is 1. The van der Waals surface area contributed by atoms with Gasteiger partial charge in [-0.15, -0.1) is 0 Å². The molecule has 1 nitrogen and oxygen atoms in total. The average Bonchev–Trinajstić information content (AvgIpc) is 2.38. The molecule has 1 aromatic heterocycles. The Balaban J connectivity index is 2.25. The average molecular weight is 288 g/mol. The van der Waals surface area contributed by atoms with Gasteiger partial charge < -0.3 is 0 Å². The zero-order chi connectivity index (χ0) is 13.4. The lowest BCUT2D eigenvalue weighted by Gasteiger charge is -2.08. The molecule has 19 heavy (non-hydrogen) atoms. The summed E-state index contributed by atoms with van der Waals surface area (Å²) in [5.41, 5.74) is 3.94. The van der Waals surface area contributed by atoms with Gasteiger partial charge in [0.15, 0.2) is 0 Å². The molecule has 0 unspecified atom stereocenters. The normalized spacial score (nSPS) is 10.9. The summed E-state index contributed by atoms with van der Waals surface area (Å²) in [6.45, 7) is 2.08. The first kappa shape index (κ1) is 12.5. The molecule has 1 heterocycles. The summed E-state index contributed by atoms with van der Waals surface area (Å²) >= 11 is 12.2. The number of hydrogen-bond acceptors (Lipinski definition) is 1. The molecule has 0 fully saturated rings. The van der Waals surface area contributed by atoms with E-state index in [0.717, 1.165) is 22.2 Å². The molecular weight excluding hydrogens is 277 g/mol. The predicted octanol–water partition coefficient (Wildman–Crippen LogP) is 5.52. The van der Waals surface area contributed by atoms with E-state index in [1.54, 1.807) is 6.07 Å². The molecule has 0 N–H and O–H groups in total. The fourth-order valence-corrected chi connectivity index (χ4v) is 2.69. The van der Waals surface area contributed by atoms with Gasteiger partial charge in [0.1, 0.15) is 0 Å². The monoisotopic (exact) mass is 287 g/mol. The Hall–Kier alpha value is -1.57. The van der Waals surface area contributed by atoms with Crippen LogP contribution in [0.15, 0.2) is 48.5 Å². The van der Waals surface area contributed by atoms with Gasteiger partial charge in [-0.25, -0.2) is 4.98 Å². The molecule has 94 valence electrons. The van der Waals surface area contributed by atoms with E-state index in [2.05, 4.69) is 24.0 Å². The standard InChI is InChI=1S/C16H11Cl2N/c1-10-8-16(13-7-6-11(17)9-14(13)18)19-15-5-3-2-4-12(10)15/h2-9H,1H3. The Morgan fingerprint density at radius 1 is 0.947 bits per heavy atom. The summed E-state index contributed by atoms with van der Waals surface area (Å²) in [6, 6.07) is 15.6.